The Kier molecular flexibility index (Phi) is 4.53. The van der Waals surface area contributed by atoms with Crippen LogP contribution in [0.5, 0.6) is 11.5 Å². The van der Waals surface area contributed by atoms with E-state index in [2.05, 4.69) is 0 Å². The van der Waals surface area contributed by atoms with E-state index in [1.807, 2.05) is 43.3 Å². The van der Waals surface area contributed by atoms with Crippen molar-refractivity contribution in [1.29, 1.82) is 0 Å². The number of methoxy groups -OCH3 is 2. The largest absolute Gasteiger partial charge is 0.496 e. The topological polar surface area (TPSA) is 44.5 Å². The zero-order valence-corrected chi connectivity index (χ0v) is 12.6. The normalized spacial score (nSPS) is 12.1. The Morgan fingerprint density at radius 3 is 2.15 bits per heavy atom. The molecule has 2 N–H and O–H groups in total. The van der Waals surface area contributed by atoms with Crippen LogP contribution in [0.3, 0.4) is 0 Å². The van der Waals surface area contributed by atoms with Crippen molar-refractivity contribution >= 4 is 11.6 Å². The van der Waals surface area contributed by atoms with Crippen molar-refractivity contribution in [3.63, 3.8) is 0 Å². The van der Waals surface area contributed by atoms with Gasteiger partial charge >= 0.3 is 0 Å². The van der Waals surface area contributed by atoms with Crippen LogP contribution in [-0.2, 0) is 0 Å². The van der Waals surface area contributed by atoms with Crippen LogP contribution in [0.1, 0.15) is 22.7 Å². The van der Waals surface area contributed by atoms with Gasteiger partial charge in [0.1, 0.15) is 11.5 Å². The highest BCUT2D eigenvalue weighted by Crippen LogP contribution is 2.36. The SMILES string of the molecule is COc1cccc(OC)c1C(N)c1cc(C)cc(Cl)c1. The fourth-order valence-corrected chi connectivity index (χ4v) is 2.60. The highest BCUT2D eigenvalue weighted by atomic mass is 35.5. The lowest BCUT2D eigenvalue weighted by Gasteiger charge is -2.19. The van der Waals surface area contributed by atoms with Crippen molar-refractivity contribution in [2.24, 2.45) is 5.73 Å². The maximum absolute atomic E-state index is 6.39. The molecular formula is C16H18ClNO2. The van der Waals surface area contributed by atoms with Gasteiger partial charge in [-0.1, -0.05) is 23.7 Å². The van der Waals surface area contributed by atoms with Gasteiger partial charge in [0.15, 0.2) is 0 Å². The summed E-state index contributed by atoms with van der Waals surface area (Å²) in [6, 6.07) is 11.0. The molecule has 0 heterocycles. The molecule has 0 aromatic heterocycles. The van der Waals surface area contributed by atoms with Gasteiger partial charge in [-0.3, -0.25) is 0 Å². The molecule has 0 saturated carbocycles. The third-order valence-electron chi connectivity index (χ3n) is 3.20. The second kappa shape index (κ2) is 6.16. The van der Waals surface area contributed by atoms with Crippen molar-refractivity contribution < 1.29 is 9.47 Å². The Labute approximate surface area is 124 Å². The predicted octanol–water partition coefficient (Wildman–Crippen LogP) is 3.71. The van der Waals surface area contributed by atoms with Crippen LogP contribution in [0, 0.1) is 6.92 Å². The monoisotopic (exact) mass is 291 g/mol. The molecule has 2 rings (SSSR count). The number of hydrogen-bond acceptors (Lipinski definition) is 3. The summed E-state index contributed by atoms with van der Waals surface area (Å²) in [6.45, 7) is 1.99. The van der Waals surface area contributed by atoms with Gasteiger partial charge < -0.3 is 15.2 Å². The molecule has 2 aromatic carbocycles. The molecule has 1 unspecified atom stereocenters. The van der Waals surface area contributed by atoms with Crippen LogP contribution in [0.25, 0.3) is 0 Å². The number of aryl methyl sites for hydroxylation is 1. The molecule has 0 spiro atoms. The second-order valence-corrected chi connectivity index (χ2v) is 5.05. The average molecular weight is 292 g/mol. The molecule has 0 aliphatic rings. The quantitative estimate of drug-likeness (QED) is 0.934. The Balaban J connectivity index is 2.54. The van der Waals surface area contributed by atoms with Crippen LogP contribution in [0.4, 0.5) is 0 Å². The van der Waals surface area contributed by atoms with Gasteiger partial charge in [0.2, 0.25) is 0 Å². The lowest BCUT2D eigenvalue weighted by Crippen LogP contribution is -2.14. The first-order chi connectivity index (χ1) is 9.56. The second-order valence-electron chi connectivity index (χ2n) is 4.62. The van der Waals surface area contributed by atoms with E-state index in [1.165, 1.54) is 0 Å². The molecule has 4 heteroatoms. The van der Waals surface area contributed by atoms with Crippen LogP contribution in [0.15, 0.2) is 36.4 Å². The summed E-state index contributed by atoms with van der Waals surface area (Å²) in [5.41, 5.74) is 9.20. The molecule has 0 bridgehead atoms. The van der Waals surface area contributed by atoms with Crippen molar-refractivity contribution in [2.75, 3.05) is 14.2 Å². The first-order valence-corrected chi connectivity index (χ1v) is 6.68. The minimum absolute atomic E-state index is 0.363. The summed E-state index contributed by atoms with van der Waals surface area (Å²) in [5.74, 6) is 1.41. The molecule has 20 heavy (non-hydrogen) atoms. The van der Waals surface area contributed by atoms with E-state index in [0.717, 1.165) is 16.7 Å². The number of halogens is 1. The Morgan fingerprint density at radius 1 is 1.05 bits per heavy atom. The summed E-state index contributed by atoms with van der Waals surface area (Å²) >= 11 is 6.11. The average Bonchev–Trinajstić information content (AvgIpc) is 2.44. The molecule has 2 aromatic rings. The molecule has 0 radical (unpaired) electrons. The van der Waals surface area contributed by atoms with Crippen molar-refractivity contribution in [3.8, 4) is 11.5 Å². The van der Waals surface area contributed by atoms with E-state index >= 15 is 0 Å². The van der Waals surface area contributed by atoms with E-state index in [-0.39, 0.29) is 6.04 Å². The van der Waals surface area contributed by atoms with Gasteiger partial charge in [-0.15, -0.1) is 0 Å². The zero-order valence-electron chi connectivity index (χ0n) is 11.8. The fourth-order valence-electron chi connectivity index (χ4n) is 2.30. The molecule has 0 fully saturated rings. The van der Waals surface area contributed by atoms with Gasteiger partial charge in [0.25, 0.3) is 0 Å². The Hall–Kier alpha value is -1.71. The number of hydrogen-bond donors (Lipinski definition) is 1. The molecule has 0 amide bonds. The van der Waals surface area contributed by atoms with Crippen molar-refractivity contribution in [1.82, 2.24) is 0 Å². The highest BCUT2D eigenvalue weighted by Gasteiger charge is 2.19. The van der Waals surface area contributed by atoms with Gasteiger partial charge in [-0.2, -0.15) is 0 Å². The van der Waals surface area contributed by atoms with Crippen LogP contribution in [-0.4, -0.2) is 14.2 Å². The standard InChI is InChI=1S/C16H18ClNO2/c1-10-7-11(9-12(17)8-10)16(18)15-13(19-2)5-4-6-14(15)20-3/h4-9,16H,18H2,1-3H3. The van der Waals surface area contributed by atoms with Gasteiger partial charge in [-0.25, -0.2) is 0 Å². The summed E-state index contributed by atoms with van der Waals surface area (Å²) in [5, 5.41) is 0.671. The van der Waals surface area contributed by atoms with Gasteiger partial charge in [0.05, 0.1) is 25.8 Å². The first-order valence-electron chi connectivity index (χ1n) is 6.30. The first kappa shape index (κ1) is 14.7. The highest BCUT2D eigenvalue weighted by molar-refractivity contribution is 6.30. The van der Waals surface area contributed by atoms with E-state index in [9.17, 15) is 0 Å². The summed E-state index contributed by atoms with van der Waals surface area (Å²) < 4.78 is 10.8. The van der Waals surface area contributed by atoms with Crippen LogP contribution in [0.2, 0.25) is 5.02 Å². The fraction of sp³-hybridized carbons (Fsp3) is 0.250. The van der Waals surface area contributed by atoms with Crippen molar-refractivity contribution in [3.05, 3.63) is 58.1 Å². The number of benzene rings is 2. The number of ether oxygens (including phenoxy) is 2. The summed E-state index contributed by atoms with van der Waals surface area (Å²) in [7, 11) is 3.24. The Morgan fingerprint density at radius 2 is 1.65 bits per heavy atom. The van der Waals surface area contributed by atoms with Crippen molar-refractivity contribution in [2.45, 2.75) is 13.0 Å². The molecule has 1 atom stereocenters. The zero-order chi connectivity index (χ0) is 14.7. The van der Waals surface area contributed by atoms with Gasteiger partial charge in [-0.05, 0) is 42.3 Å². The van der Waals surface area contributed by atoms with Crippen LogP contribution >= 0.6 is 11.6 Å². The minimum atomic E-state index is -0.363. The third kappa shape index (κ3) is 2.89. The molecule has 3 nitrogen and oxygen atoms in total. The lowest BCUT2D eigenvalue weighted by atomic mass is 9.96. The maximum Gasteiger partial charge on any atom is 0.127 e. The van der Waals surface area contributed by atoms with E-state index in [1.54, 1.807) is 14.2 Å². The lowest BCUT2D eigenvalue weighted by molar-refractivity contribution is 0.382. The number of rotatable bonds is 4. The molecular weight excluding hydrogens is 274 g/mol. The molecule has 0 aliphatic heterocycles. The minimum Gasteiger partial charge on any atom is -0.496 e. The van der Waals surface area contributed by atoms with Gasteiger partial charge in [0, 0.05) is 5.02 Å². The predicted molar refractivity (Wildman–Crippen MR) is 81.8 cm³/mol. The van der Waals surface area contributed by atoms with Crippen LogP contribution < -0.4 is 15.2 Å². The molecule has 106 valence electrons. The molecule has 0 aliphatic carbocycles. The smallest absolute Gasteiger partial charge is 0.127 e. The molecule has 0 saturated heterocycles. The third-order valence-corrected chi connectivity index (χ3v) is 3.42. The van der Waals surface area contributed by atoms with E-state index < -0.39 is 0 Å². The summed E-state index contributed by atoms with van der Waals surface area (Å²) in [6.07, 6.45) is 0. The maximum atomic E-state index is 6.39. The van der Waals surface area contributed by atoms with E-state index in [4.69, 9.17) is 26.8 Å². The Bertz CT molecular complexity index is 571. The number of nitrogens with two attached hydrogens (primary N) is 1. The van der Waals surface area contributed by atoms with E-state index in [0.29, 0.717) is 16.5 Å². The summed E-state index contributed by atoms with van der Waals surface area (Å²) in [4.78, 5) is 0.